The Bertz CT molecular complexity index is 1120. The number of hydrogen-bond acceptors (Lipinski definition) is 3. The molecule has 1 fully saturated rings. The van der Waals surface area contributed by atoms with E-state index in [9.17, 15) is 0 Å². The maximum atomic E-state index is 6.13. The maximum absolute atomic E-state index is 6.13. The van der Waals surface area contributed by atoms with Gasteiger partial charge in [0.2, 0.25) is 0 Å². The first-order valence-electron chi connectivity index (χ1n) is 12.6. The summed E-state index contributed by atoms with van der Waals surface area (Å²) in [6.45, 7) is 8.02. The van der Waals surface area contributed by atoms with Crippen LogP contribution in [-0.4, -0.2) is 47.7 Å². The van der Waals surface area contributed by atoms with E-state index in [1.807, 2.05) is 0 Å². The molecule has 0 bridgehead atoms. The molecule has 0 amide bonds. The molecule has 4 nitrogen and oxygen atoms in total. The first-order valence-corrected chi connectivity index (χ1v) is 12.6. The Balaban J connectivity index is 1.20. The van der Waals surface area contributed by atoms with Gasteiger partial charge in [-0.25, -0.2) is 0 Å². The fourth-order valence-electron chi connectivity index (χ4n) is 5.14. The van der Waals surface area contributed by atoms with Crippen LogP contribution in [0.15, 0.2) is 48.5 Å². The number of fused-ring (bicyclic) bond motifs is 1. The van der Waals surface area contributed by atoms with Crippen LogP contribution in [-0.2, 0) is 20.1 Å². The Morgan fingerprint density at radius 1 is 1.12 bits per heavy atom. The maximum Gasteiger partial charge on any atom is 0.120 e. The van der Waals surface area contributed by atoms with Gasteiger partial charge in [0.1, 0.15) is 5.75 Å². The number of aryl methyl sites for hydroxylation is 2. The van der Waals surface area contributed by atoms with E-state index < -0.39 is 0 Å². The lowest BCUT2D eigenvalue weighted by atomic mass is 9.92. The summed E-state index contributed by atoms with van der Waals surface area (Å²) in [6, 6.07) is 17.5. The van der Waals surface area contributed by atoms with Gasteiger partial charge in [0.05, 0.1) is 13.2 Å². The second kappa shape index (κ2) is 11.6. The normalized spacial score (nSPS) is 15.1. The van der Waals surface area contributed by atoms with Crippen molar-refractivity contribution in [2.45, 2.75) is 45.7 Å². The van der Waals surface area contributed by atoms with Crippen molar-refractivity contribution in [3.05, 3.63) is 65.4 Å². The molecule has 1 saturated heterocycles. The summed E-state index contributed by atoms with van der Waals surface area (Å²) in [5, 5.41) is 1.23. The number of terminal acetylenes is 1. The van der Waals surface area contributed by atoms with Gasteiger partial charge in [0.15, 0.2) is 0 Å². The van der Waals surface area contributed by atoms with Crippen LogP contribution in [0.5, 0.6) is 5.75 Å². The molecule has 1 aliphatic rings. The van der Waals surface area contributed by atoms with Crippen LogP contribution >= 0.6 is 0 Å². The Morgan fingerprint density at radius 2 is 1.91 bits per heavy atom. The number of aromatic nitrogens is 1. The minimum atomic E-state index is 0.654. The molecule has 1 aromatic heterocycles. The lowest BCUT2D eigenvalue weighted by Crippen LogP contribution is -2.33. The van der Waals surface area contributed by atoms with Crippen LogP contribution in [0.3, 0.4) is 0 Å². The number of nitrogens with zero attached hydrogens (tertiary/aromatic N) is 3. The zero-order valence-electron chi connectivity index (χ0n) is 21.1. The van der Waals surface area contributed by atoms with Crippen molar-refractivity contribution in [2.24, 2.45) is 13.0 Å². The first-order chi connectivity index (χ1) is 16.5. The van der Waals surface area contributed by atoms with E-state index in [1.54, 1.807) is 0 Å². The molecule has 0 radical (unpaired) electrons. The van der Waals surface area contributed by atoms with Crippen molar-refractivity contribution < 1.29 is 4.74 Å². The van der Waals surface area contributed by atoms with Gasteiger partial charge in [-0.15, -0.1) is 6.42 Å². The molecule has 0 N–H and O–H groups in total. The van der Waals surface area contributed by atoms with Crippen LogP contribution in [0, 0.1) is 25.2 Å². The van der Waals surface area contributed by atoms with Crippen molar-refractivity contribution in [2.75, 3.05) is 33.3 Å². The molecule has 0 unspecified atom stereocenters. The van der Waals surface area contributed by atoms with Crippen LogP contribution in [0.4, 0.5) is 0 Å². The molecule has 4 rings (SSSR count). The first kappa shape index (κ1) is 24.4. The predicted octanol–water partition coefficient (Wildman–Crippen LogP) is 5.62. The van der Waals surface area contributed by atoms with E-state index in [2.05, 4.69) is 89.8 Å². The number of benzene rings is 2. The molecular weight excluding hydrogens is 418 g/mol. The minimum Gasteiger partial charge on any atom is -0.494 e. The number of hydrogen-bond donors (Lipinski definition) is 0. The van der Waals surface area contributed by atoms with Crippen LogP contribution in [0.25, 0.3) is 10.9 Å². The van der Waals surface area contributed by atoms with Crippen molar-refractivity contribution in [3.8, 4) is 18.1 Å². The summed E-state index contributed by atoms with van der Waals surface area (Å²) in [6.07, 6.45) is 10.4. The third kappa shape index (κ3) is 6.23. The topological polar surface area (TPSA) is 20.6 Å². The molecular formula is C30H39N3O. The van der Waals surface area contributed by atoms with Gasteiger partial charge in [-0.05, 0) is 94.1 Å². The standard InChI is InChI=1S/C30H39N3O/c1-5-16-31(3)23-28-20-27-21-29(12-13-30(27)32(28)4)34-19-8-10-25-14-17-33(18-15-25)22-26-11-7-6-9-24(26)2/h1,6-7,9,11-13,20-21,25H,8,10,14-19,22-23H2,2-4H3. The third-order valence-electron chi connectivity index (χ3n) is 7.29. The van der Waals surface area contributed by atoms with E-state index in [-0.39, 0.29) is 0 Å². The Kier molecular flexibility index (Phi) is 8.32. The average Bonchev–Trinajstić information content (AvgIpc) is 3.13. The van der Waals surface area contributed by atoms with Gasteiger partial charge in [-0.3, -0.25) is 9.80 Å². The van der Waals surface area contributed by atoms with Crippen molar-refractivity contribution in [1.29, 1.82) is 0 Å². The Labute approximate surface area is 205 Å². The zero-order valence-corrected chi connectivity index (χ0v) is 21.1. The van der Waals surface area contributed by atoms with E-state index in [1.165, 1.54) is 60.1 Å². The molecule has 34 heavy (non-hydrogen) atoms. The van der Waals surface area contributed by atoms with E-state index >= 15 is 0 Å². The summed E-state index contributed by atoms with van der Waals surface area (Å²) in [4.78, 5) is 4.77. The van der Waals surface area contributed by atoms with E-state index in [0.29, 0.717) is 6.54 Å². The van der Waals surface area contributed by atoms with Gasteiger partial charge in [-0.2, -0.15) is 0 Å². The summed E-state index contributed by atoms with van der Waals surface area (Å²) >= 11 is 0. The fraction of sp³-hybridized carbons (Fsp3) is 0.467. The van der Waals surface area contributed by atoms with Gasteiger partial charge in [0, 0.05) is 36.7 Å². The highest BCUT2D eigenvalue weighted by molar-refractivity contribution is 5.82. The second-order valence-corrected chi connectivity index (χ2v) is 9.93. The lowest BCUT2D eigenvalue weighted by Gasteiger charge is -2.32. The number of piperidine rings is 1. The predicted molar refractivity (Wildman–Crippen MR) is 142 cm³/mol. The van der Waals surface area contributed by atoms with Crippen molar-refractivity contribution in [1.82, 2.24) is 14.4 Å². The third-order valence-corrected chi connectivity index (χ3v) is 7.29. The van der Waals surface area contributed by atoms with Gasteiger partial charge in [0.25, 0.3) is 0 Å². The zero-order chi connectivity index (χ0) is 23.9. The smallest absolute Gasteiger partial charge is 0.120 e. The SMILES string of the molecule is C#CCN(C)Cc1cc2cc(OCCCC3CCN(Cc4ccccc4C)CC3)ccc2n1C. The van der Waals surface area contributed by atoms with Crippen LogP contribution in [0.2, 0.25) is 0 Å². The van der Waals surface area contributed by atoms with Crippen LogP contribution < -0.4 is 4.74 Å². The Morgan fingerprint density at radius 3 is 2.68 bits per heavy atom. The van der Waals surface area contributed by atoms with Crippen LogP contribution in [0.1, 0.15) is 42.5 Å². The number of rotatable bonds is 10. The van der Waals surface area contributed by atoms with Gasteiger partial charge < -0.3 is 9.30 Å². The summed E-state index contributed by atoms with van der Waals surface area (Å²) in [7, 11) is 4.17. The van der Waals surface area contributed by atoms with E-state index in [4.69, 9.17) is 11.2 Å². The molecule has 4 heteroatoms. The van der Waals surface area contributed by atoms with Gasteiger partial charge >= 0.3 is 0 Å². The fourth-order valence-corrected chi connectivity index (χ4v) is 5.14. The van der Waals surface area contributed by atoms with Gasteiger partial charge in [-0.1, -0.05) is 30.2 Å². The van der Waals surface area contributed by atoms with Crippen molar-refractivity contribution in [3.63, 3.8) is 0 Å². The van der Waals surface area contributed by atoms with E-state index in [0.717, 1.165) is 37.8 Å². The lowest BCUT2D eigenvalue weighted by molar-refractivity contribution is 0.165. The highest BCUT2D eigenvalue weighted by Gasteiger charge is 2.19. The monoisotopic (exact) mass is 457 g/mol. The molecule has 180 valence electrons. The summed E-state index contributed by atoms with van der Waals surface area (Å²) in [5.41, 5.74) is 5.37. The molecule has 0 aliphatic carbocycles. The average molecular weight is 458 g/mol. The molecule has 2 heterocycles. The number of likely N-dealkylation sites (tertiary alicyclic amines) is 1. The highest BCUT2D eigenvalue weighted by atomic mass is 16.5. The minimum absolute atomic E-state index is 0.654. The molecule has 1 aliphatic heterocycles. The summed E-state index contributed by atoms with van der Waals surface area (Å²) in [5.74, 6) is 4.51. The second-order valence-electron chi connectivity index (χ2n) is 9.93. The van der Waals surface area contributed by atoms with Crippen molar-refractivity contribution >= 4 is 10.9 Å². The molecule has 0 saturated carbocycles. The summed E-state index contributed by atoms with van der Waals surface area (Å²) < 4.78 is 8.38. The quantitative estimate of drug-likeness (QED) is 0.291. The largest absolute Gasteiger partial charge is 0.494 e. The molecule has 0 spiro atoms. The molecule has 3 aromatic rings. The number of ether oxygens (including phenoxy) is 1. The highest BCUT2D eigenvalue weighted by Crippen LogP contribution is 2.26. The Hall–Kier alpha value is -2.74. The molecule has 2 aromatic carbocycles. The molecule has 0 atom stereocenters.